The van der Waals surface area contributed by atoms with Gasteiger partial charge in [0.25, 0.3) is 5.91 Å². The fourth-order valence-electron chi connectivity index (χ4n) is 1.82. The van der Waals surface area contributed by atoms with Gasteiger partial charge >= 0.3 is 0 Å². The number of H-pyrrole nitrogens is 1. The Hall–Kier alpha value is -2.76. The van der Waals surface area contributed by atoms with Crippen LogP contribution in [0.5, 0.6) is 0 Å². The highest BCUT2D eigenvalue weighted by Crippen LogP contribution is 2.19. The lowest BCUT2D eigenvalue weighted by Crippen LogP contribution is -2.14. The number of nitrogens with one attached hydrogen (secondary N) is 2. The van der Waals surface area contributed by atoms with Crippen LogP contribution in [0.1, 0.15) is 16.2 Å². The summed E-state index contributed by atoms with van der Waals surface area (Å²) in [6.07, 6.45) is 0. The summed E-state index contributed by atoms with van der Waals surface area (Å²) < 4.78 is 0. The van der Waals surface area contributed by atoms with Gasteiger partial charge in [0, 0.05) is 5.69 Å². The minimum Gasteiger partial charge on any atom is -0.319 e. The van der Waals surface area contributed by atoms with Gasteiger partial charge in [-0.15, -0.1) is 0 Å². The maximum absolute atomic E-state index is 12.1. The van der Waals surface area contributed by atoms with Crippen molar-refractivity contribution in [1.82, 2.24) is 20.4 Å². The first-order valence-corrected chi connectivity index (χ1v) is 5.78. The van der Waals surface area contributed by atoms with Crippen LogP contribution in [0.2, 0.25) is 0 Å². The average molecular weight is 253 g/mol. The second kappa shape index (κ2) is 4.49. The predicted octanol–water partition coefficient (Wildman–Crippen LogP) is 1.91. The van der Waals surface area contributed by atoms with Crippen LogP contribution >= 0.6 is 0 Å². The van der Waals surface area contributed by atoms with Gasteiger partial charge in [-0.05, 0) is 31.2 Å². The van der Waals surface area contributed by atoms with Gasteiger partial charge in [-0.3, -0.25) is 4.79 Å². The van der Waals surface area contributed by atoms with Crippen molar-refractivity contribution in [2.24, 2.45) is 0 Å². The Morgan fingerprint density at radius 1 is 1.16 bits per heavy atom. The van der Waals surface area contributed by atoms with E-state index >= 15 is 0 Å². The zero-order valence-corrected chi connectivity index (χ0v) is 10.2. The number of carbonyl (C=O) groups is 1. The predicted molar refractivity (Wildman–Crippen MR) is 70.8 cm³/mol. The number of aromatic nitrogens is 4. The third-order valence-electron chi connectivity index (χ3n) is 2.72. The molecule has 0 saturated heterocycles. The largest absolute Gasteiger partial charge is 0.319 e. The van der Waals surface area contributed by atoms with Gasteiger partial charge in [0.05, 0.1) is 5.69 Å². The molecular formula is C13H11N5O. The Labute approximate surface area is 108 Å². The highest BCUT2D eigenvalue weighted by Gasteiger charge is 2.11. The lowest BCUT2D eigenvalue weighted by atomic mass is 10.2. The van der Waals surface area contributed by atoms with E-state index in [9.17, 15) is 4.79 Å². The summed E-state index contributed by atoms with van der Waals surface area (Å²) in [6.45, 7) is 1.84. The summed E-state index contributed by atoms with van der Waals surface area (Å²) in [5, 5.41) is 13.3. The van der Waals surface area contributed by atoms with Gasteiger partial charge in [-0.1, -0.05) is 12.1 Å². The zero-order chi connectivity index (χ0) is 13.2. The molecule has 1 aromatic carbocycles. The molecule has 0 aliphatic carbocycles. The molecule has 0 unspecified atom stereocenters. The van der Waals surface area contributed by atoms with E-state index in [1.807, 2.05) is 25.1 Å². The van der Waals surface area contributed by atoms with Crippen LogP contribution in [0.15, 0.2) is 36.4 Å². The van der Waals surface area contributed by atoms with Crippen molar-refractivity contribution >= 4 is 22.6 Å². The first-order chi connectivity index (χ1) is 9.24. The van der Waals surface area contributed by atoms with Gasteiger partial charge in [0.2, 0.25) is 0 Å². The summed E-state index contributed by atoms with van der Waals surface area (Å²) in [6, 6.07) is 10.7. The molecule has 6 nitrogen and oxygen atoms in total. The Kier molecular flexibility index (Phi) is 2.68. The van der Waals surface area contributed by atoms with E-state index in [4.69, 9.17) is 0 Å². The molecular weight excluding hydrogens is 242 g/mol. The van der Waals surface area contributed by atoms with E-state index in [1.165, 1.54) is 0 Å². The van der Waals surface area contributed by atoms with Gasteiger partial charge in [0.1, 0.15) is 16.7 Å². The average Bonchev–Trinajstić information content (AvgIpc) is 2.88. The molecule has 3 aromatic rings. The number of aromatic amines is 1. The monoisotopic (exact) mass is 253 g/mol. The van der Waals surface area contributed by atoms with Crippen molar-refractivity contribution in [1.29, 1.82) is 0 Å². The highest BCUT2D eigenvalue weighted by atomic mass is 16.1. The molecule has 0 spiro atoms. The van der Waals surface area contributed by atoms with E-state index < -0.39 is 0 Å². The number of aryl methyl sites for hydroxylation is 1. The molecule has 2 aromatic heterocycles. The van der Waals surface area contributed by atoms with Crippen molar-refractivity contribution in [2.45, 2.75) is 6.92 Å². The summed E-state index contributed by atoms with van der Waals surface area (Å²) in [5.41, 5.74) is 3.12. The summed E-state index contributed by atoms with van der Waals surface area (Å²) >= 11 is 0. The molecule has 94 valence electrons. The van der Waals surface area contributed by atoms with Crippen molar-refractivity contribution in [3.05, 3.63) is 47.8 Å². The maximum Gasteiger partial charge on any atom is 0.274 e. The molecule has 0 bridgehead atoms. The summed E-state index contributed by atoms with van der Waals surface area (Å²) in [4.78, 5) is 16.3. The number of fused-ring (bicyclic) bond motifs is 1. The molecule has 0 fully saturated rings. The minimum atomic E-state index is -0.265. The van der Waals surface area contributed by atoms with Crippen molar-refractivity contribution in [3.8, 4) is 0 Å². The first-order valence-electron chi connectivity index (χ1n) is 5.78. The molecule has 0 saturated carbocycles. The van der Waals surface area contributed by atoms with Gasteiger partial charge in [-0.25, -0.2) is 4.98 Å². The van der Waals surface area contributed by atoms with E-state index in [0.29, 0.717) is 22.4 Å². The molecule has 2 N–H and O–H groups in total. The Bertz CT molecular complexity index is 749. The van der Waals surface area contributed by atoms with Crippen molar-refractivity contribution in [2.75, 3.05) is 5.32 Å². The van der Waals surface area contributed by atoms with Crippen LogP contribution in [-0.4, -0.2) is 26.3 Å². The van der Waals surface area contributed by atoms with E-state index in [0.717, 1.165) is 5.69 Å². The van der Waals surface area contributed by atoms with E-state index in [-0.39, 0.29) is 5.91 Å². The van der Waals surface area contributed by atoms with Crippen molar-refractivity contribution < 1.29 is 4.79 Å². The smallest absolute Gasteiger partial charge is 0.274 e. The molecule has 2 heterocycles. The quantitative estimate of drug-likeness (QED) is 0.730. The number of amides is 1. The number of nitrogens with zero attached hydrogens (tertiary/aromatic N) is 3. The van der Waals surface area contributed by atoms with Crippen LogP contribution in [-0.2, 0) is 0 Å². The number of hydrogen-bond acceptors (Lipinski definition) is 4. The van der Waals surface area contributed by atoms with E-state index in [1.54, 1.807) is 18.2 Å². The topological polar surface area (TPSA) is 83.6 Å². The number of para-hydroxylation sites is 1. The van der Waals surface area contributed by atoms with Crippen LogP contribution < -0.4 is 5.32 Å². The molecule has 0 aliphatic rings. The number of hydrogen-bond donors (Lipinski definition) is 2. The number of anilines is 1. The van der Waals surface area contributed by atoms with Gasteiger partial charge < -0.3 is 5.32 Å². The van der Waals surface area contributed by atoms with Crippen molar-refractivity contribution in [3.63, 3.8) is 0 Å². The summed E-state index contributed by atoms with van der Waals surface area (Å²) in [5.74, 6) is -0.265. The third-order valence-corrected chi connectivity index (χ3v) is 2.72. The first kappa shape index (κ1) is 11.3. The van der Waals surface area contributed by atoms with Crippen LogP contribution in [0, 0.1) is 6.92 Å². The van der Waals surface area contributed by atoms with Gasteiger partial charge in [-0.2, -0.15) is 15.4 Å². The fraction of sp³-hybridized carbons (Fsp3) is 0.0769. The second-order valence-electron chi connectivity index (χ2n) is 4.12. The minimum absolute atomic E-state index is 0.265. The molecule has 0 aliphatic heterocycles. The third kappa shape index (κ3) is 2.15. The van der Waals surface area contributed by atoms with Crippen LogP contribution in [0.3, 0.4) is 0 Å². The van der Waals surface area contributed by atoms with Crippen LogP contribution in [0.4, 0.5) is 5.69 Å². The molecule has 1 amide bonds. The lowest BCUT2D eigenvalue weighted by molar-refractivity contribution is 0.102. The number of carbonyl (C=O) groups excluding carboxylic acids is 1. The fourth-order valence-corrected chi connectivity index (χ4v) is 1.82. The number of benzene rings is 1. The molecule has 0 atom stereocenters. The molecule has 0 radical (unpaired) electrons. The number of pyridine rings is 1. The van der Waals surface area contributed by atoms with Gasteiger partial charge in [0.15, 0.2) is 0 Å². The Morgan fingerprint density at radius 2 is 2.00 bits per heavy atom. The van der Waals surface area contributed by atoms with Crippen LogP contribution in [0.25, 0.3) is 11.0 Å². The maximum atomic E-state index is 12.1. The van der Waals surface area contributed by atoms with E-state index in [2.05, 4.69) is 25.7 Å². The molecule has 19 heavy (non-hydrogen) atoms. The molecule has 6 heteroatoms. The standard InChI is InChI=1S/C13H11N5O/c1-8-4-2-7-11(14-8)13(19)15-9-5-3-6-10-12(9)17-18-16-10/h2-7H,1H3,(H,15,19)(H,16,17,18). The SMILES string of the molecule is Cc1cccc(C(=O)Nc2cccc3n[nH]nc23)n1. The highest BCUT2D eigenvalue weighted by molar-refractivity contribution is 6.06. The lowest BCUT2D eigenvalue weighted by Gasteiger charge is -2.05. The summed E-state index contributed by atoms with van der Waals surface area (Å²) in [7, 11) is 0. The second-order valence-corrected chi connectivity index (χ2v) is 4.12. The zero-order valence-electron chi connectivity index (χ0n) is 10.2. The number of rotatable bonds is 2. The molecule has 3 rings (SSSR count). The normalized spacial score (nSPS) is 10.6. The Morgan fingerprint density at radius 3 is 2.84 bits per heavy atom. The Balaban J connectivity index is 1.93.